The molecule has 316 valence electrons. The monoisotopic (exact) mass is 787 g/mol. The van der Waals surface area contributed by atoms with E-state index in [0.717, 1.165) is 31.2 Å². The van der Waals surface area contributed by atoms with Gasteiger partial charge in [0.1, 0.15) is 29.0 Å². The number of carbonyl (C=O) groups is 5. The zero-order valence-corrected chi connectivity index (χ0v) is 36.2. The molecule has 1 aliphatic carbocycles. The first-order valence-electron chi connectivity index (χ1n) is 20.0. The minimum atomic E-state index is -1.19. The van der Waals surface area contributed by atoms with Crippen molar-refractivity contribution in [2.75, 3.05) is 39.3 Å². The topological polar surface area (TPSA) is 141 Å². The summed E-state index contributed by atoms with van der Waals surface area (Å²) in [6.45, 7) is 21.1. The summed E-state index contributed by atoms with van der Waals surface area (Å²) in [5.74, 6) is -2.48. The Bertz CT molecular complexity index is 1410. The Morgan fingerprint density at radius 3 is 1.39 bits per heavy atom. The second-order valence-corrected chi connectivity index (χ2v) is 19.3. The zero-order chi connectivity index (χ0) is 42.1. The van der Waals surface area contributed by atoms with Crippen molar-refractivity contribution in [2.24, 2.45) is 0 Å². The van der Waals surface area contributed by atoms with Crippen molar-refractivity contribution in [3.8, 4) is 0 Å². The first-order valence-corrected chi connectivity index (χ1v) is 20.0. The standard InChI is InChI=1S/C43H69N3O10/c1-39(2,3)53-35(48)24-44-29-43(23-22-34(47)52-28-31-18-14-13-15-19-31,46(26-37(50)55-41(7,8)9)27-38(51)56-42(10,11)12)30-45(25-36(49)54-40(4,5)6)33-21-17-16-20-32(33)44/h13-15,18-19,32-33H,16-17,20-30H2,1-12H3/t32-,33-/m1/s1. The Kier molecular flexibility index (Phi) is 16.1. The van der Waals surface area contributed by atoms with Crippen molar-refractivity contribution in [3.63, 3.8) is 0 Å². The molecular formula is C43H69N3O10. The Morgan fingerprint density at radius 1 is 0.607 bits per heavy atom. The van der Waals surface area contributed by atoms with Crippen molar-refractivity contribution >= 4 is 29.8 Å². The predicted molar refractivity (Wildman–Crippen MR) is 212 cm³/mol. The lowest BCUT2D eigenvalue weighted by Gasteiger charge is -2.46. The number of benzene rings is 1. The maximum absolute atomic E-state index is 13.8. The van der Waals surface area contributed by atoms with Gasteiger partial charge in [-0.3, -0.25) is 38.7 Å². The van der Waals surface area contributed by atoms with E-state index >= 15 is 0 Å². The van der Waals surface area contributed by atoms with E-state index in [1.807, 2.05) is 71.9 Å². The van der Waals surface area contributed by atoms with E-state index in [1.165, 1.54) is 0 Å². The minimum absolute atomic E-state index is 0.0753. The first-order chi connectivity index (χ1) is 25.7. The van der Waals surface area contributed by atoms with E-state index < -0.39 is 57.8 Å². The highest BCUT2D eigenvalue weighted by atomic mass is 16.6. The van der Waals surface area contributed by atoms with Gasteiger partial charge in [-0.15, -0.1) is 0 Å². The van der Waals surface area contributed by atoms with Gasteiger partial charge >= 0.3 is 29.8 Å². The molecule has 1 heterocycles. The molecule has 2 aliphatic rings. The van der Waals surface area contributed by atoms with Gasteiger partial charge in [0.25, 0.3) is 0 Å². The van der Waals surface area contributed by atoms with E-state index in [2.05, 4.69) is 9.80 Å². The average molecular weight is 788 g/mol. The molecule has 0 spiro atoms. The van der Waals surface area contributed by atoms with Crippen LogP contribution in [-0.2, 0) is 54.3 Å². The predicted octanol–water partition coefficient (Wildman–Crippen LogP) is 5.85. The van der Waals surface area contributed by atoms with Gasteiger partial charge in [0.05, 0.1) is 26.2 Å². The normalized spacial score (nSPS) is 19.7. The molecule has 13 nitrogen and oxygen atoms in total. The fraction of sp³-hybridized carbons (Fsp3) is 0.744. The van der Waals surface area contributed by atoms with Gasteiger partial charge in [-0.2, -0.15) is 0 Å². The summed E-state index contributed by atoms with van der Waals surface area (Å²) < 4.78 is 29.1. The summed E-state index contributed by atoms with van der Waals surface area (Å²) in [5, 5.41) is 0. The third-order valence-corrected chi connectivity index (χ3v) is 9.32. The van der Waals surface area contributed by atoms with Crippen molar-refractivity contribution in [1.29, 1.82) is 0 Å². The van der Waals surface area contributed by atoms with Gasteiger partial charge in [-0.25, -0.2) is 0 Å². The number of hydrogen-bond acceptors (Lipinski definition) is 13. The van der Waals surface area contributed by atoms with Gasteiger partial charge in [-0.05, 0) is 108 Å². The van der Waals surface area contributed by atoms with Crippen molar-refractivity contribution < 1.29 is 47.7 Å². The lowest BCUT2D eigenvalue weighted by atomic mass is 9.88. The summed E-state index contributed by atoms with van der Waals surface area (Å²) in [5.41, 5.74) is -3.49. The van der Waals surface area contributed by atoms with Crippen LogP contribution in [-0.4, -0.2) is 124 Å². The third kappa shape index (κ3) is 16.5. The number of carbonyl (C=O) groups excluding carboxylic acids is 5. The second-order valence-electron chi connectivity index (χ2n) is 19.3. The van der Waals surface area contributed by atoms with Gasteiger partial charge in [-0.1, -0.05) is 43.2 Å². The molecule has 3 rings (SSSR count). The van der Waals surface area contributed by atoms with E-state index in [1.54, 1.807) is 46.4 Å². The maximum atomic E-state index is 13.8. The number of esters is 5. The molecule has 13 heteroatoms. The number of rotatable bonds is 14. The molecule has 1 aliphatic heterocycles. The summed E-state index contributed by atoms with van der Waals surface area (Å²) in [6, 6.07) is 8.99. The first kappa shape index (κ1) is 46.8. The third-order valence-electron chi connectivity index (χ3n) is 9.32. The van der Waals surface area contributed by atoms with Crippen LogP contribution in [0.15, 0.2) is 30.3 Å². The molecule has 1 saturated carbocycles. The summed E-state index contributed by atoms with van der Waals surface area (Å²) >= 11 is 0. The lowest BCUT2D eigenvalue weighted by Crippen LogP contribution is -2.63. The van der Waals surface area contributed by atoms with E-state index in [9.17, 15) is 24.0 Å². The molecule has 0 unspecified atom stereocenters. The number of nitrogens with zero attached hydrogens (tertiary/aromatic N) is 3. The lowest BCUT2D eigenvalue weighted by molar-refractivity contribution is -0.166. The van der Waals surface area contributed by atoms with Crippen LogP contribution in [0.1, 0.15) is 127 Å². The minimum Gasteiger partial charge on any atom is -0.461 e. The fourth-order valence-corrected chi connectivity index (χ4v) is 7.52. The van der Waals surface area contributed by atoms with Crippen molar-refractivity contribution in [2.45, 2.75) is 168 Å². The highest BCUT2D eigenvalue weighted by Crippen LogP contribution is 2.37. The van der Waals surface area contributed by atoms with E-state index in [4.69, 9.17) is 23.7 Å². The summed E-state index contributed by atoms with van der Waals surface area (Å²) in [7, 11) is 0. The molecule has 56 heavy (non-hydrogen) atoms. The summed E-state index contributed by atoms with van der Waals surface area (Å²) in [4.78, 5) is 74.4. The van der Waals surface area contributed by atoms with E-state index in [0.29, 0.717) is 0 Å². The van der Waals surface area contributed by atoms with Gasteiger partial charge in [0, 0.05) is 37.1 Å². The molecule has 0 bridgehead atoms. The molecule has 0 amide bonds. The molecule has 0 aromatic heterocycles. The second kappa shape index (κ2) is 19.3. The SMILES string of the molecule is CC(C)(C)OC(=O)CN1CC(CCC(=O)OCc2ccccc2)(N(CC(=O)OC(C)(C)C)CC(=O)OC(C)(C)C)CN(CC(=O)OC(C)(C)C)[C@@H]2CCCC[C@H]21. The van der Waals surface area contributed by atoms with Gasteiger partial charge < -0.3 is 23.7 Å². The average Bonchev–Trinajstić information content (AvgIpc) is 3.14. The van der Waals surface area contributed by atoms with Crippen molar-refractivity contribution in [1.82, 2.24) is 14.7 Å². The van der Waals surface area contributed by atoms with Crippen LogP contribution >= 0.6 is 0 Å². The Balaban J connectivity index is 2.22. The molecule has 0 radical (unpaired) electrons. The molecule has 1 aromatic rings. The van der Waals surface area contributed by atoms with Crippen molar-refractivity contribution in [3.05, 3.63) is 35.9 Å². The van der Waals surface area contributed by atoms with Crippen LogP contribution in [0.2, 0.25) is 0 Å². The number of fused-ring (bicyclic) bond motifs is 1. The Labute approximate surface area is 335 Å². The Hall–Kier alpha value is -3.55. The quantitative estimate of drug-likeness (QED) is 0.165. The summed E-state index contributed by atoms with van der Waals surface area (Å²) in [6.07, 6.45) is 3.33. The number of ether oxygens (including phenoxy) is 5. The van der Waals surface area contributed by atoms with Crippen LogP contribution in [0.25, 0.3) is 0 Å². The molecular weight excluding hydrogens is 718 g/mol. The highest BCUT2D eigenvalue weighted by molar-refractivity contribution is 5.76. The van der Waals surface area contributed by atoms with Crippen LogP contribution in [0.3, 0.4) is 0 Å². The largest absolute Gasteiger partial charge is 0.461 e. The van der Waals surface area contributed by atoms with Crippen LogP contribution in [0.5, 0.6) is 0 Å². The van der Waals surface area contributed by atoms with E-state index in [-0.39, 0.29) is 70.8 Å². The molecule has 1 aromatic carbocycles. The molecule has 1 saturated heterocycles. The van der Waals surface area contributed by atoms with Gasteiger partial charge in [0.15, 0.2) is 0 Å². The van der Waals surface area contributed by atoms with Crippen LogP contribution in [0, 0.1) is 0 Å². The smallest absolute Gasteiger partial charge is 0.320 e. The van der Waals surface area contributed by atoms with Gasteiger partial charge in [0.2, 0.25) is 0 Å². The molecule has 0 N–H and O–H groups in total. The zero-order valence-electron chi connectivity index (χ0n) is 36.2. The van der Waals surface area contributed by atoms with Crippen LogP contribution in [0.4, 0.5) is 0 Å². The van der Waals surface area contributed by atoms with Crippen LogP contribution < -0.4 is 0 Å². The fourth-order valence-electron chi connectivity index (χ4n) is 7.52. The molecule has 2 fully saturated rings. The highest BCUT2D eigenvalue weighted by Gasteiger charge is 2.50. The molecule has 2 atom stereocenters. The Morgan fingerprint density at radius 2 is 1.00 bits per heavy atom. The maximum Gasteiger partial charge on any atom is 0.320 e. The number of hydrogen-bond donors (Lipinski definition) is 0.